The molecule has 0 saturated carbocycles. The predicted octanol–water partition coefficient (Wildman–Crippen LogP) is 4.17. The number of hydrogen-bond donors (Lipinski definition) is 1. The van der Waals surface area contributed by atoms with E-state index in [4.69, 9.17) is 0 Å². The highest BCUT2D eigenvalue weighted by Crippen LogP contribution is 2.48. The zero-order valence-corrected chi connectivity index (χ0v) is 15.5. The Hall–Kier alpha value is -1.30. The van der Waals surface area contributed by atoms with Crippen LogP contribution < -0.4 is 10.2 Å². The minimum Gasteiger partial charge on any atom is -0.340 e. The van der Waals surface area contributed by atoms with Crippen molar-refractivity contribution in [2.45, 2.75) is 40.0 Å². The van der Waals surface area contributed by atoms with Gasteiger partial charge in [-0.15, -0.1) is 0 Å². The van der Waals surface area contributed by atoms with E-state index in [1.54, 1.807) is 6.26 Å². The number of nitrogens with zero attached hydrogens (tertiary/aromatic N) is 1. The minimum absolute atomic E-state index is 0.624. The standard InChI is InChI=1S/C19H22N2OS2/c1-24(22)15-8-9-19-17(13-15)21(12-10-14-5-4-11-20-14)16-6-2-3-7-18(16)23-19/h2-3,6-9,13-14,20H,4-5,10-12H2,1H3. The summed E-state index contributed by atoms with van der Waals surface area (Å²) in [6.07, 6.45) is 5.44. The maximum atomic E-state index is 11.9. The molecule has 2 aromatic rings. The van der Waals surface area contributed by atoms with Gasteiger partial charge >= 0.3 is 0 Å². The summed E-state index contributed by atoms with van der Waals surface area (Å²) in [6, 6.07) is 15.4. The number of rotatable bonds is 4. The Bertz CT molecular complexity index is 772. The van der Waals surface area contributed by atoms with Crippen molar-refractivity contribution in [3.05, 3.63) is 42.5 Å². The van der Waals surface area contributed by atoms with Crippen LogP contribution in [0.3, 0.4) is 0 Å². The number of fused-ring (bicyclic) bond motifs is 2. The van der Waals surface area contributed by atoms with E-state index in [-0.39, 0.29) is 0 Å². The van der Waals surface area contributed by atoms with Crippen LogP contribution in [0.5, 0.6) is 0 Å². The largest absolute Gasteiger partial charge is 0.340 e. The second-order valence-electron chi connectivity index (χ2n) is 6.39. The number of nitrogens with one attached hydrogen (secondary N) is 1. The van der Waals surface area contributed by atoms with Gasteiger partial charge in [0.1, 0.15) is 0 Å². The van der Waals surface area contributed by atoms with E-state index in [0.29, 0.717) is 6.04 Å². The lowest BCUT2D eigenvalue weighted by Crippen LogP contribution is -2.29. The van der Waals surface area contributed by atoms with Gasteiger partial charge in [-0.3, -0.25) is 4.21 Å². The van der Waals surface area contributed by atoms with Crippen molar-refractivity contribution < 1.29 is 4.21 Å². The van der Waals surface area contributed by atoms with Gasteiger partial charge in [0, 0.05) is 44.3 Å². The third-order valence-electron chi connectivity index (χ3n) is 4.79. The predicted molar refractivity (Wildman–Crippen MR) is 102 cm³/mol. The molecule has 24 heavy (non-hydrogen) atoms. The Morgan fingerprint density at radius 2 is 2.04 bits per heavy atom. The van der Waals surface area contributed by atoms with E-state index < -0.39 is 10.8 Å². The molecule has 0 bridgehead atoms. The van der Waals surface area contributed by atoms with Crippen LogP contribution in [-0.2, 0) is 10.8 Å². The first-order chi connectivity index (χ1) is 11.7. The molecule has 1 fully saturated rings. The van der Waals surface area contributed by atoms with Crippen LogP contribution in [0.1, 0.15) is 19.3 Å². The normalized spacial score (nSPS) is 20.5. The molecule has 4 rings (SSSR count). The molecule has 0 spiro atoms. The molecule has 2 aromatic carbocycles. The Labute approximate surface area is 150 Å². The van der Waals surface area contributed by atoms with Crippen molar-refractivity contribution in [3.8, 4) is 0 Å². The van der Waals surface area contributed by atoms with Crippen molar-refractivity contribution in [3.63, 3.8) is 0 Å². The summed E-state index contributed by atoms with van der Waals surface area (Å²) >= 11 is 1.81. The molecule has 0 aromatic heterocycles. The summed E-state index contributed by atoms with van der Waals surface area (Å²) in [5.74, 6) is 0. The van der Waals surface area contributed by atoms with Gasteiger partial charge in [-0.2, -0.15) is 0 Å². The van der Waals surface area contributed by atoms with Gasteiger partial charge in [0.25, 0.3) is 0 Å². The van der Waals surface area contributed by atoms with E-state index in [0.717, 1.165) is 24.4 Å². The van der Waals surface area contributed by atoms with Crippen LogP contribution in [0.4, 0.5) is 11.4 Å². The zero-order chi connectivity index (χ0) is 16.5. The van der Waals surface area contributed by atoms with Crippen molar-refractivity contribution in [2.75, 3.05) is 24.2 Å². The number of anilines is 2. The van der Waals surface area contributed by atoms with Gasteiger partial charge in [0.2, 0.25) is 0 Å². The molecule has 2 heterocycles. The molecule has 0 radical (unpaired) electrons. The summed E-state index contributed by atoms with van der Waals surface area (Å²) in [5, 5.41) is 3.59. The molecule has 2 atom stereocenters. The first kappa shape index (κ1) is 16.2. The Morgan fingerprint density at radius 3 is 2.83 bits per heavy atom. The second kappa shape index (κ2) is 6.90. The van der Waals surface area contributed by atoms with Crippen LogP contribution in [0.25, 0.3) is 0 Å². The molecule has 3 nitrogen and oxygen atoms in total. The lowest BCUT2D eigenvalue weighted by molar-refractivity contribution is 0.562. The molecular formula is C19H22N2OS2. The van der Waals surface area contributed by atoms with Crippen LogP contribution >= 0.6 is 11.8 Å². The van der Waals surface area contributed by atoms with E-state index >= 15 is 0 Å². The molecule has 0 aliphatic carbocycles. The summed E-state index contributed by atoms with van der Waals surface area (Å²) in [5.41, 5.74) is 2.47. The van der Waals surface area contributed by atoms with Gasteiger partial charge in [0.15, 0.2) is 0 Å². The maximum Gasteiger partial charge on any atom is 0.0565 e. The summed E-state index contributed by atoms with van der Waals surface area (Å²) in [7, 11) is -0.954. The van der Waals surface area contributed by atoms with Crippen LogP contribution in [-0.4, -0.2) is 29.6 Å². The lowest BCUT2D eigenvalue weighted by atomic mass is 10.1. The Morgan fingerprint density at radius 1 is 1.21 bits per heavy atom. The van der Waals surface area contributed by atoms with Crippen molar-refractivity contribution in [1.82, 2.24) is 5.32 Å². The van der Waals surface area contributed by atoms with Gasteiger partial charge in [-0.1, -0.05) is 23.9 Å². The van der Waals surface area contributed by atoms with Gasteiger partial charge in [-0.25, -0.2) is 0 Å². The molecule has 2 aliphatic rings. The first-order valence-electron chi connectivity index (χ1n) is 8.47. The van der Waals surface area contributed by atoms with Gasteiger partial charge in [0.05, 0.1) is 11.4 Å². The average molecular weight is 359 g/mol. The summed E-state index contributed by atoms with van der Waals surface area (Å²) in [6.45, 7) is 2.13. The maximum absolute atomic E-state index is 11.9. The first-order valence-corrected chi connectivity index (χ1v) is 10.8. The highest BCUT2D eigenvalue weighted by molar-refractivity contribution is 7.99. The second-order valence-corrected chi connectivity index (χ2v) is 8.85. The monoisotopic (exact) mass is 358 g/mol. The SMILES string of the molecule is CS(=O)c1ccc2c(c1)N(CCC1CCCN1)c1ccccc1S2. The molecule has 126 valence electrons. The third kappa shape index (κ3) is 3.13. The Balaban J connectivity index is 1.69. The van der Waals surface area contributed by atoms with Crippen LogP contribution in [0.15, 0.2) is 57.2 Å². The quantitative estimate of drug-likeness (QED) is 0.889. The van der Waals surface area contributed by atoms with E-state index in [1.807, 2.05) is 17.8 Å². The molecule has 2 aliphatic heterocycles. The van der Waals surface area contributed by atoms with E-state index in [1.165, 1.54) is 34.0 Å². The van der Waals surface area contributed by atoms with E-state index in [9.17, 15) is 4.21 Å². The third-order valence-corrected chi connectivity index (χ3v) is 6.84. The van der Waals surface area contributed by atoms with Crippen molar-refractivity contribution in [1.29, 1.82) is 0 Å². The minimum atomic E-state index is -0.954. The fourth-order valence-electron chi connectivity index (χ4n) is 3.52. The zero-order valence-electron chi connectivity index (χ0n) is 13.8. The lowest BCUT2D eigenvalue weighted by Gasteiger charge is -2.33. The molecule has 0 amide bonds. The summed E-state index contributed by atoms with van der Waals surface area (Å²) in [4.78, 5) is 5.87. The van der Waals surface area contributed by atoms with E-state index in [2.05, 4.69) is 46.6 Å². The smallest absolute Gasteiger partial charge is 0.0565 e. The average Bonchev–Trinajstić information content (AvgIpc) is 3.11. The molecule has 1 saturated heterocycles. The number of hydrogen-bond acceptors (Lipinski definition) is 4. The number of benzene rings is 2. The van der Waals surface area contributed by atoms with Crippen LogP contribution in [0.2, 0.25) is 0 Å². The van der Waals surface area contributed by atoms with Gasteiger partial charge < -0.3 is 10.2 Å². The van der Waals surface area contributed by atoms with Gasteiger partial charge in [-0.05, 0) is 56.1 Å². The molecule has 5 heteroatoms. The Kier molecular flexibility index (Phi) is 4.66. The van der Waals surface area contributed by atoms with Crippen LogP contribution in [0, 0.1) is 0 Å². The molecule has 2 unspecified atom stereocenters. The summed E-state index contributed by atoms with van der Waals surface area (Å²) < 4.78 is 11.9. The highest BCUT2D eigenvalue weighted by Gasteiger charge is 2.25. The fourth-order valence-corrected chi connectivity index (χ4v) is 5.13. The number of para-hydroxylation sites is 1. The molecule has 1 N–H and O–H groups in total. The topological polar surface area (TPSA) is 32.3 Å². The van der Waals surface area contributed by atoms with Crippen molar-refractivity contribution in [2.24, 2.45) is 0 Å². The fraction of sp³-hybridized carbons (Fsp3) is 0.368. The molecular weight excluding hydrogens is 336 g/mol. The highest BCUT2D eigenvalue weighted by atomic mass is 32.2. The van der Waals surface area contributed by atoms with Crippen molar-refractivity contribution >= 4 is 33.9 Å².